The van der Waals surface area contributed by atoms with E-state index < -0.39 is 0 Å². The van der Waals surface area contributed by atoms with Crippen LogP contribution in [-0.4, -0.2) is 55.0 Å². The third kappa shape index (κ3) is 5.84. The predicted molar refractivity (Wildman–Crippen MR) is 134 cm³/mol. The molecule has 1 atom stereocenters. The zero-order valence-corrected chi connectivity index (χ0v) is 20.9. The Morgan fingerprint density at radius 1 is 1.15 bits per heavy atom. The van der Waals surface area contributed by atoms with E-state index in [0.29, 0.717) is 37.6 Å². The number of methoxy groups -OCH3 is 1. The van der Waals surface area contributed by atoms with Gasteiger partial charge in [-0.15, -0.1) is 22.7 Å². The lowest BCUT2D eigenvalue weighted by Gasteiger charge is -2.37. The van der Waals surface area contributed by atoms with Crippen LogP contribution in [0.4, 0.5) is 0 Å². The van der Waals surface area contributed by atoms with Gasteiger partial charge in [0, 0.05) is 41.6 Å². The van der Waals surface area contributed by atoms with Crippen molar-refractivity contribution in [3.63, 3.8) is 0 Å². The first-order valence-corrected chi connectivity index (χ1v) is 13.1. The zero-order valence-electron chi connectivity index (χ0n) is 18.5. The van der Waals surface area contributed by atoms with Crippen molar-refractivity contribution in [2.45, 2.75) is 25.3 Å². The van der Waals surface area contributed by atoms with Crippen LogP contribution in [0.2, 0.25) is 5.02 Å². The van der Waals surface area contributed by atoms with Crippen molar-refractivity contribution in [2.75, 3.05) is 33.4 Å². The summed E-state index contributed by atoms with van der Waals surface area (Å²) in [6.07, 6.45) is 1.83. The van der Waals surface area contributed by atoms with E-state index in [-0.39, 0.29) is 24.4 Å². The van der Waals surface area contributed by atoms with Crippen molar-refractivity contribution >= 4 is 46.1 Å². The van der Waals surface area contributed by atoms with E-state index in [0.717, 1.165) is 22.4 Å². The summed E-state index contributed by atoms with van der Waals surface area (Å²) in [6, 6.07) is 13.5. The van der Waals surface area contributed by atoms with Gasteiger partial charge in [0.05, 0.1) is 19.0 Å². The molecule has 0 aliphatic carbocycles. The van der Waals surface area contributed by atoms with Crippen molar-refractivity contribution in [3.8, 4) is 0 Å². The van der Waals surface area contributed by atoms with Gasteiger partial charge >= 0.3 is 0 Å². The molecule has 0 saturated carbocycles. The average Bonchev–Trinajstić information content (AvgIpc) is 3.50. The molecule has 3 aromatic rings. The molecule has 0 bridgehead atoms. The second-order valence-corrected chi connectivity index (χ2v) is 10.5. The number of ether oxygens (including phenoxy) is 1. The van der Waals surface area contributed by atoms with Crippen LogP contribution in [-0.2, 0) is 27.2 Å². The van der Waals surface area contributed by atoms with E-state index in [1.54, 1.807) is 34.7 Å². The SMILES string of the molecule is COCCCN(CC(=O)N1CCc2sccc2C1c1ccc(Cl)cc1)C(=O)Cc1cccs1. The first-order chi connectivity index (χ1) is 16.1. The number of rotatable bonds is 9. The Labute approximate surface area is 207 Å². The van der Waals surface area contributed by atoms with Gasteiger partial charge in [0.2, 0.25) is 11.8 Å². The molecule has 0 radical (unpaired) electrons. The molecule has 3 heterocycles. The summed E-state index contributed by atoms with van der Waals surface area (Å²) >= 11 is 9.41. The standard InChI is InChI=1S/C25H27ClN2O3S2/c1-31-13-3-11-27(23(29)16-20-4-2-14-32-20)17-24(30)28-12-9-22-21(10-15-33-22)25(28)18-5-7-19(26)8-6-18/h2,4-8,10,14-15,25H,3,9,11-13,16-17H2,1H3. The highest BCUT2D eigenvalue weighted by molar-refractivity contribution is 7.10. The number of hydrogen-bond acceptors (Lipinski definition) is 5. The largest absolute Gasteiger partial charge is 0.385 e. The molecule has 0 saturated heterocycles. The van der Waals surface area contributed by atoms with Crippen LogP contribution in [0.3, 0.4) is 0 Å². The molecular weight excluding hydrogens is 476 g/mol. The number of carbonyl (C=O) groups is 2. The molecule has 1 aliphatic rings. The van der Waals surface area contributed by atoms with Crippen LogP contribution in [0.1, 0.15) is 33.3 Å². The van der Waals surface area contributed by atoms with Crippen molar-refractivity contribution in [2.24, 2.45) is 0 Å². The molecule has 0 N–H and O–H groups in total. The Morgan fingerprint density at radius 2 is 1.97 bits per heavy atom. The van der Waals surface area contributed by atoms with Crippen LogP contribution < -0.4 is 0 Å². The van der Waals surface area contributed by atoms with Gasteiger partial charge in [-0.1, -0.05) is 29.8 Å². The summed E-state index contributed by atoms with van der Waals surface area (Å²) in [4.78, 5) is 32.6. The number of nitrogens with zero attached hydrogens (tertiary/aromatic N) is 2. The van der Waals surface area contributed by atoms with Gasteiger partial charge < -0.3 is 14.5 Å². The van der Waals surface area contributed by atoms with Gasteiger partial charge in [-0.2, -0.15) is 0 Å². The van der Waals surface area contributed by atoms with Gasteiger partial charge in [0.15, 0.2) is 0 Å². The fourth-order valence-corrected chi connectivity index (χ4v) is 5.94. The van der Waals surface area contributed by atoms with Crippen LogP contribution in [0, 0.1) is 0 Å². The van der Waals surface area contributed by atoms with Crippen LogP contribution in [0.5, 0.6) is 0 Å². The fourth-order valence-electron chi connectivity index (χ4n) is 4.21. The first-order valence-electron chi connectivity index (χ1n) is 11.0. The summed E-state index contributed by atoms with van der Waals surface area (Å²) in [5.41, 5.74) is 2.20. The second-order valence-electron chi connectivity index (χ2n) is 8.01. The van der Waals surface area contributed by atoms with E-state index in [4.69, 9.17) is 16.3 Å². The lowest BCUT2D eigenvalue weighted by Crippen LogP contribution is -2.47. The quantitative estimate of drug-likeness (QED) is 0.385. The van der Waals surface area contributed by atoms with Crippen molar-refractivity contribution < 1.29 is 14.3 Å². The maximum atomic E-state index is 13.6. The molecule has 4 rings (SSSR count). The highest BCUT2D eigenvalue weighted by atomic mass is 35.5. The smallest absolute Gasteiger partial charge is 0.242 e. The first kappa shape index (κ1) is 24.0. The minimum atomic E-state index is -0.169. The Morgan fingerprint density at radius 3 is 2.70 bits per heavy atom. The average molecular weight is 503 g/mol. The molecule has 174 valence electrons. The monoisotopic (exact) mass is 502 g/mol. The van der Waals surface area contributed by atoms with Crippen LogP contribution in [0.25, 0.3) is 0 Å². The van der Waals surface area contributed by atoms with Gasteiger partial charge in [0.1, 0.15) is 0 Å². The molecule has 1 aromatic carbocycles. The fraction of sp³-hybridized carbons (Fsp3) is 0.360. The maximum Gasteiger partial charge on any atom is 0.242 e. The maximum absolute atomic E-state index is 13.6. The molecule has 2 amide bonds. The number of benzene rings is 1. The number of thiophene rings is 2. The zero-order chi connectivity index (χ0) is 23.2. The number of fused-ring (bicyclic) bond motifs is 1. The third-order valence-electron chi connectivity index (χ3n) is 5.83. The molecule has 1 unspecified atom stereocenters. The van der Waals surface area contributed by atoms with Crippen molar-refractivity contribution in [3.05, 3.63) is 79.1 Å². The number of amides is 2. The van der Waals surface area contributed by atoms with E-state index in [1.165, 1.54) is 4.88 Å². The Bertz CT molecular complexity index is 1070. The van der Waals surface area contributed by atoms with Gasteiger partial charge in [-0.3, -0.25) is 9.59 Å². The van der Waals surface area contributed by atoms with Gasteiger partial charge in [0.25, 0.3) is 0 Å². The minimum Gasteiger partial charge on any atom is -0.385 e. The second kappa shape index (κ2) is 11.3. The highest BCUT2D eigenvalue weighted by Gasteiger charge is 2.34. The molecule has 1 aliphatic heterocycles. The summed E-state index contributed by atoms with van der Waals surface area (Å²) in [5, 5.41) is 4.72. The molecular formula is C25H27ClN2O3S2. The van der Waals surface area contributed by atoms with Crippen LogP contribution >= 0.6 is 34.3 Å². The summed E-state index contributed by atoms with van der Waals surface area (Å²) in [5.74, 6) is -0.0677. The Hall–Kier alpha value is -2.19. The number of carbonyl (C=O) groups excluding carboxylic acids is 2. The Kier molecular flexibility index (Phi) is 8.20. The van der Waals surface area contributed by atoms with Gasteiger partial charge in [-0.05, 0) is 59.0 Å². The van der Waals surface area contributed by atoms with E-state index in [2.05, 4.69) is 11.4 Å². The topological polar surface area (TPSA) is 49.9 Å². The third-order valence-corrected chi connectivity index (χ3v) is 7.96. The van der Waals surface area contributed by atoms with E-state index in [9.17, 15) is 9.59 Å². The molecule has 0 spiro atoms. The Balaban J connectivity index is 1.55. The lowest BCUT2D eigenvalue weighted by atomic mass is 9.93. The molecule has 0 fully saturated rings. The van der Waals surface area contributed by atoms with Crippen molar-refractivity contribution in [1.29, 1.82) is 0 Å². The molecule has 8 heteroatoms. The summed E-state index contributed by atoms with van der Waals surface area (Å²) < 4.78 is 5.17. The van der Waals surface area contributed by atoms with Crippen molar-refractivity contribution in [1.82, 2.24) is 9.80 Å². The lowest BCUT2D eigenvalue weighted by molar-refractivity contribution is -0.141. The van der Waals surface area contributed by atoms with Gasteiger partial charge in [-0.25, -0.2) is 0 Å². The van der Waals surface area contributed by atoms with Crippen LogP contribution in [0.15, 0.2) is 53.2 Å². The predicted octanol–water partition coefficient (Wildman–Crippen LogP) is 5.04. The van der Waals surface area contributed by atoms with E-state index in [1.807, 2.05) is 46.7 Å². The highest BCUT2D eigenvalue weighted by Crippen LogP contribution is 2.38. The summed E-state index contributed by atoms with van der Waals surface area (Å²) in [6.45, 7) is 1.74. The molecule has 5 nitrogen and oxygen atoms in total. The summed E-state index contributed by atoms with van der Waals surface area (Å²) in [7, 11) is 1.64. The number of halogens is 1. The normalized spacial score (nSPS) is 15.3. The molecule has 2 aromatic heterocycles. The number of hydrogen-bond donors (Lipinski definition) is 0. The molecule has 33 heavy (non-hydrogen) atoms. The minimum absolute atomic E-state index is 0.0295. The van der Waals surface area contributed by atoms with E-state index >= 15 is 0 Å².